The van der Waals surface area contributed by atoms with Gasteiger partial charge in [0.1, 0.15) is 17.5 Å². The number of amides is 1. The molecule has 4 N–H and O–H groups in total. The van der Waals surface area contributed by atoms with Crippen LogP contribution in [0.25, 0.3) is 0 Å². The van der Waals surface area contributed by atoms with Crippen molar-refractivity contribution in [3.63, 3.8) is 0 Å². The van der Waals surface area contributed by atoms with Crippen LogP contribution in [0.3, 0.4) is 0 Å². The number of carboxylic acid groups (broad SMARTS) is 1. The van der Waals surface area contributed by atoms with Crippen molar-refractivity contribution in [1.29, 1.82) is 0 Å². The second-order valence-corrected chi connectivity index (χ2v) is 9.16. The summed E-state index contributed by atoms with van der Waals surface area (Å²) in [5, 5.41) is 33.0. The summed E-state index contributed by atoms with van der Waals surface area (Å²) in [5.74, 6) is -0.631. The average Bonchev–Trinajstić information content (AvgIpc) is 3.22. The molecule has 7 heteroatoms. The quantitative estimate of drug-likeness (QED) is 0.564. The largest absolute Gasteiger partial charge is 0.508 e. The number of rotatable bonds is 6. The van der Waals surface area contributed by atoms with Gasteiger partial charge in [0, 0.05) is 25.2 Å². The number of phenolic OH excluding ortho intramolecular Hbond substituents is 2. The van der Waals surface area contributed by atoms with E-state index < -0.39 is 12.0 Å². The lowest BCUT2D eigenvalue weighted by Crippen LogP contribution is -2.55. The van der Waals surface area contributed by atoms with E-state index >= 15 is 0 Å². The number of likely N-dealkylation sites (tertiary alicyclic amines) is 1. The molecule has 1 saturated heterocycles. The monoisotopic (exact) mass is 418 g/mol. The van der Waals surface area contributed by atoms with Crippen molar-refractivity contribution in [3.05, 3.63) is 23.3 Å². The van der Waals surface area contributed by atoms with Gasteiger partial charge in [0.05, 0.1) is 5.56 Å². The number of phenols is 2. The SMILES string of the molecule is CC(C)c1cc(C(=O)N2CCC(N[C@@H](C)C(=O)O)C(C3CCCC3)C2)c(O)cc1O. The molecule has 0 radical (unpaired) electrons. The molecule has 0 bridgehead atoms. The summed E-state index contributed by atoms with van der Waals surface area (Å²) in [6, 6.07) is 2.28. The molecule has 2 unspecified atom stereocenters. The summed E-state index contributed by atoms with van der Waals surface area (Å²) in [6.07, 6.45) is 5.24. The number of benzene rings is 1. The highest BCUT2D eigenvalue weighted by atomic mass is 16.4. The molecule has 3 atom stereocenters. The lowest BCUT2D eigenvalue weighted by atomic mass is 9.80. The van der Waals surface area contributed by atoms with Crippen LogP contribution >= 0.6 is 0 Å². The molecule has 1 aromatic carbocycles. The molecule has 2 fully saturated rings. The zero-order valence-corrected chi connectivity index (χ0v) is 18.1. The van der Waals surface area contributed by atoms with Crippen LogP contribution in [0.5, 0.6) is 11.5 Å². The lowest BCUT2D eigenvalue weighted by Gasteiger charge is -2.42. The molecule has 0 aromatic heterocycles. The van der Waals surface area contributed by atoms with Crippen LogP contribution in [0.2, 0.25) is 0 Å². The smallest absolute Gasteiger partial charge is 0.320 e. The first-order valence-corrected chi connectivity index (χ1v) is 11.0. The number of piperidine rings is 1. The number of carboxylic acids is 1. The topological polar surface area (TPSA) is 110 Å². The Morgan fingerprint density at radius 1 is 1.07 bits per heavy atom. The first kappa shape index (κ1) is 22.4. The molecule has 1 aliphatic carbocycles. The van der Waals surface area contributed by atoms with Crippen molar-refractivity contribution in [3.8, 4) is 11.5 Å². The third kappa shape index (κ3) is 4.72. The number of aliphatic carboxylic acids is 1. The Kier molecular flexibility index (Phi) is 6.91. The maximum Gasteiger partial charge on any atom is 0.320 e. The number of carbonyl (C=O) groups is 2. The number of carbonyl (C=O) groups excluding carboxylic acids is 1. The van der Waals surface area contributed by atoms with Gasteiger partial charge in [-0.05, 0) is 42.7 Å². The van der Waals surface area contributed by atoms with Crippen molar-refractivity contribution >= 4 is 11.9 Å². The Morgan fingerprint density at radius 2 is 1.73 bits per heavy atom. The molecule has 1 saturated carbocycles. The van der Waals surface area contributed by atoms with Gasteiger partial charge in [-0.2, -0.15) is 0 Å². The maximum absolute atomic E-state index is 13.3. The first-order chi connectivity index (χ1) is 14.2. The molecular formula is C23H34N2O5. The fraction of sp³-hybridized carbons (Fsp3) is 0.652. The molecule has 1 amide bonds. The summed E-state index contributed by atoms with van der Waals surface area (Å²) in [5.41, 5.74) is 0.849. The summed E-state index contributed by atoms with van der Waals surface area (Å²) in [6.45, 7) is 6.57. The lowest BCUT2D eigenvalue weighted by molar-refractivity contribution is -0.139. The van der Waals surface area contributed by atoms with Crippen LogP contribution in [0.15, 0.2) is 12.1 Å². The minimum absolute atomic E-state index is 0.00607. The minimum atomic E-state index is -0.867. The van der Waals surface area contributed by atoms with Gasteiger partial charge in [-0.3, -0.25) is 9.59 Å². The van der Waals surface area contributed by atoms with Gasteiger partial charge < -0.3 is 25.5 Å². The first-order valence-electron chi connectivity index (χ1n) is 11.0. The summed E-state index contributed by atoms with van der Waals surface area (Å²) >= 11 is 0. The number of hydrogen-bond acceptors (Lipinski definition) is 5. The standard InChI is InChI=1S/C23H34N2O5/c1-13(2)16-10-17(21(27)11-20(16)26)22(28)25-9-8-19(24-14(3)23(29)30)18(12-25)15-6-4-5-7-15/h10-11,13-15,18-19,24,26-27H,4-9,12H2,1-3H3,(H,29,30)/t14-,18?,19?/m0/s1. The highest BCUT2D eigenvalue weighted by Crippen LogP contribution is 2.38. The summed E-state index contributed by atoms with van der Waals surface area (Å²) in [4.78, 5) is 26.4. The summed E-state index contributed by atoms with van der Waals surface area (Å²) in [7, 11) is 0. The van der Waals surface area contributed by atoms with E-state index in [4.69, 9.17) is 0 Å². The number of nitrogens with one attached hydrogen (secondary N) is 1. The Balaban J connectivity index is 1.81. The Hall–Kier alpha value is -2.28. The fourth-order valence-corrected chi connectivity index (χ4v) is 5.03. The zero-order valence-electron chi connectivity index (χ0n) is 18.1. The number of aromatic hydroxyl groups is 2. The second-order valence-electron chi connectivity index (χ2n) is 9.16. The molecule has 166 valence electrons. The van der Waals surface area contributed by atoms with E-state index in [1.807, 2.05) is 13.8 Å². The van der Waals surface area contributed by atoms with Gasteiger partial charge >= 0.3 is 5.97 Å². The van der Waals surface area contributed by atoms with Gasteiger partial charge in [0.25, 0.3) is 5.91 Å². The number of hydrogen-bond donors (Lipinski definition) is 4. The van der Waals surface area contributed by atoms with E-state index in [2.05, 4.69) is 5.32 Å². The molecule has 2 aliphatic rings. The molecule has 0 spiro atoms. The van der Waals surface area contributed by atoms with Crippen molar-refractivity contribution in [2.24, 2.45) is 11.8 Å². The van der Waals surface area contributed by atoms with Crippen LogP contribution < -0.4 is 5.32 Å². The molecule has 1 aromatic rings. The molecule has 7 nitrogen and oxygen atoms in total. The van der Waals surface area contributed by atoms with E-state index in [0.717, 1.165) is 12.8 Å². The maximum atomic E-state index is 13.3. The Labute approximate surface area is 178 Å². The third-order valence-electron chi connectivity index (χ3n) is 6.78. The van der Waals surface area contributed by atoms with Crippen LogP contribution in [-0.4, -0.2) is 57.3 Å². The predicted octanol–water partition coefficient (Wildman–Crippen LogP) is 3.30. The molecule has 3 rings (SSSR count). The molecular weight excluding hydrogens is 384 g/mol. The van der Waals surface area contributed by atoms with Gasteiger partial charge in [0.15, 0.2) is 0 Å². The highest BCUT2D eigenvalue weighted by molar-refractivity contribution is 5.97. The second kappa shape index (κ2) is 9.25. The predicted molar refractivity (Wildman–Crippen MR) is 114 cm³/mol. The third-order valence-corrected chi connectivity index (χ3v) is 6.78. The van der Waals surface area contributed by atoms with E-state index in [-0.39, 0.29) is 40.8 Å². The van der Waals surface area contributed by atoms with Crippen LogP contribution in [0.4, 0.5) is 0 Å². The van der Waals surface area contributed by atoms with Gasteiger partial charge in [-0.25, -0.2) is 0 Å². The van der Waals surface area contributed by atoms with Crippen LogP contribution in [0, 0.1) is 11.8 Å². The van der Waals surface area contributed by atoms with Crippen LogP contribution in [0.1, 0.15) is 74.7 Å². The van der Waals surface area contributed by atoms with E-state index in [0.29, 0.717) is 31.0 Å². The molecule has 30 heavy (non-hydrogen) atoms. The van der Waals surface area contributed by atoms with E-state index in [1.54, 1.807) is 17.9 Å². The number of nitrogens with zero attached hydrogens (tertiary/aromatic N) is 1. The Bertz CT molecular complexity index is 788. The van der Waals surface area contributed by atoms with E-state index in [9.17, 15) is 24.9 Å². The van der Waals surface area contributed by atoms with Crippen molar-refractivity contribution < 1.29 is 24.9 Å². The van der Waals surface area contributed by atoms with Gasteiger partial charge in [-0.15, -0.1) is 0 Å². The average molecular weight is 419 g/mol. The molecule has 1 aliphatic heterocycles. The minimum Gasteiger partial charge on any atom is -0.508 e. The van der Waals surface area contributed by atoms with E-state index in [1.165, 1.54) is 18.9 Å². The normalized spacial score (nSPS) is 23.7. The van der Waals surface area contributed by atoms with Gasteiger partial charge in [0.2, 0.25) is 0 Å². The Morgan fingerprint density at radius 3 is 2.33 bits per heavy atom. The summed E-state index contributed by atoms with van der Waals surface area (Å²) < 4.78 is 0. The van der Waals surface area contributed by atoms with Crippen molar-refractivity contribution in [2.75, 3.05) is 13.1 Å². The molecule has 1 heterocycles. The van der Waals surface area contributed by atoms with Crippen LogP contribution in [-0.2, 0) is 4.79 Å². The highest BCUT2D eigenvalue weighted by Gasteiger charge is 2.39. The van der Waals surface area contributed by atoms with Crippen molar-refractivity contribution in [2.45, 2.75) is 70.9 Å². The zero-order chi connectivity index (χ0) is 22.0. The fourth-order valence-electron chi connectivity index (χ4n) is 5.03. The van der Waals surface area contributed by atoms with Crippen molar-refractivity contribution in [1.82, 2.24) is 10.2 Å². The van der Waals surface area contributed by atoms with Gasteiger partial charge in [-0.1, -0.05) is 39.5 Å².